The maximum atomic E-state index is 12.1. The van der Waals surface area contributed by atoms with Crippen molar-refractivity contribution in [3.63, 3.8) is 0 Å². The molecule has 3 nitrogen and oxygen atoms in total. The Kier molecular flexibility index (Phi) is 4.51. The highest BCUT2D eigenvalue weighted by atomic mass is 35.5. The fraction of sp³-hybridized carbons (Fsp3) is 0.0588. The monoisotopic (exact) mass is 328 g/mol. The highest BCUT2D eigenvalue weighted by molar-refractivity contribution is 7.13. The van der Waals surface area contributed by atoms with Crippen LogP contribution in [0.4, 0.5) is 0 Å². The predicted octanol–water partition coefficient (Wildman–Crippen LogP) is 4.39. The number of carbonyl (C=O) groups is 1. The molecule has 110 valence electrons. The first-order chi connectivity index (χ1) is 10.7. The van der Waals surface area contributed by atoms with Crippen molar-refractivity contribution in [3.8, 4) is 10.6 Å². The van der Waals surface area contributed by atoms with Gasteiger partial charge in [0.1, 0.15) is 5.01 Å². The summed E-state index contributed by atoms with van der Waals surface area (Å²) in [7, 11) is 0. The molecule has 0 fully saturated rings. The lowest BCUT2D eigenvalue weighted by molar-refractivity contribution is 0.0951. The van der Waals surface area contributed by atoms with Crippen molar-refractivity contribution in [1.82, 2.24) is 10.3 Å². The molecule has 1 N–H and O–H groups in total. The lowest BCUT2D eigenvalue weighted by atomic mass is 10.1. The molecule has 3 rings (SSSR count). The third-order valence-electron chi connectivity index (χ3n) is 3.18. The van der Waals surface area contributed by atoms with Crippen LogP contribution in [0.25, 0.3) is 10.6 Å². The predicted molar refractivity (Wildman–Crippen MR) is 90.2 cm³/mol. The van der Waals surface area contributed by atoms with E-state index in [1.807, 2.05) is 29.6 Å². The zero-order valence-corrected chi connectivity index (χ0v) is 13.2. The number of nitrogens with one attached hydrogen (secondary N) is 1. The molecule has 0 saturated carbocycles. The SMILES string of the molecule is O=C(NCc1cccc(-c2nccs2)c1)c1ccccc1Cl. The van der Waals surface area contributed by atoms with Gasteiger partial charge in [0.15, 0.2) is 0 Å². The Morgan fingerprint density at radius 1 is 1.18 bits per heavy atom. The first-order valence-electron chi connectivity index (χ1n) is 6.75. The van der Waals surface area contributed by atoms with Crippen molar-refractivity contribution < 1.29 is 4.79 Å². The van der Waals surface area contributed by atoms with E-state index in [1.54, 1.807) is 41.8 Å². The molecule has 0 aliphatic rings. The zero-order valence-electron chi connectivity index (χ0n) is 11.6. The second-order valence-corrected chi connectivity index (χ2v) is 6.00. The van der Waals surface area contributed by atoms with Crippen LogP contribution in [0, 0.1) is 0 Å². The Hall–Kier alpha value is -2.17. The minimum Gasteiger partial charge on any atom is -0.348 e. The van der Waals surface area contributed by atoms with E-state index in [4.69, 9.17) is 11.6 Å². The van der Waals surface area contributed by atoms with E-state index in [1.165, 1.54) is 0 Å². The summed E-state index contributed by atoms with van der Waals surface area (Å²) < 4.78 is 0. The average Bonchev–Trinajstić information content (AvgIpc) is 3.08. The minimum absolute atomic E-state index is 0.176. The Labute approximate surface area is 137 Å². The molecular formula is C17H13ClN2OS. The molecule has 2 aromatic carbocycles. The molecule has 0 saturated heterocycles. The molecule has 22 heavy (non-hydrogen) atoms. The van der Waals surface area contributed by atoms with Gasteiger partial charge in [0.2, 0.25) is 0 Å². The number of hydrogen-bond donors (Lipinski definition) is 1. The molecule has 0 aliphatic carbocycles. The van der Waals surface area contributed by atoms with E-state index in [-0.39, 0.29) is 5.91 Å². The summed E-state index contributed by atoms with van der Waals surface area (Å²) in [6, 6.07) is 15.0. The summed E-state index contributed by atoms with van der Waals surface area (Å²) in [5.74, 6) is -0.176. The molecule has 0 unspecified atom stereocenters. The number of thiazole rings is 1. The molecule has 0 atom stereocenters. The van der Waals surface area contributed by atoms with E-state index in [0.717, 1.165) is 16.1 Å². The number of nitrogens with zero attached hydrogens (tertiary/aromatic N) is 1. The Balaban J connectivity index is 1.71. The van der Waals surface area contributed by atoms with E-state index >= 15 is 0 Å². The molecule has 0 radical (unpaired) electrons. The van der Waals surface area contributed by atoms with Crippen LogP contribution in [0.5, 0.6) is 0 Å². The maximum absolute atomic E-state index is 12.1. The number of benzene rings is 2. The minimum atomic E-state index is -0.176. The van der Waals surface area contributed by atoms with Crippen molar-refractivity contribution in [2.75, 3.05) is 0 Å². The van der Waals surface area contributed by atoms with Crippen LogP contribution < -0.4 is 5.32 Å². The summed E-state index contributed by atoms with van der Waals surface area (Å²) >= 11 is 7.62. The molecule has 3 aromatic rings. The number of amides is 1. The fourth-order valence-electron chi connectivity index (χ4n) is 2.10. The number of aromatic nitrogens is 1. The van der Waals surface area contributed by atoms with Crippen LogP contribution in [0.2, 0.25) is 5.02 Å². The standard InChI is InChI=1S/C17H13ClN2OS/c18-15-7-2-1-6-14(15)16(21)20-11-12-4-3-5-13(10-12)17-19-8-9-22-17/h1-10H,11H2,(H,20,21). The number of carbonyl (C=O) groups excluding carboxylic acids is 1. The summed E-state index contributed by atoms with van der Waals surface area (Å²) in [5, 5.41) is 6.26. The molecule has 1 heterocycles. The molecule has 0 aliphatic heterocycles. The van der Waals surface area contributed by atoms with Gasteiger partial charge in [-0.15, -0.1) is 11.3 Å². The fourth-order valence-corrected chi connectivity index (χ4v) is 2.96. The molecule has 0 bridgehead atoms. The van der Waals surface area contributed by atoms with E-state index in [9.17, 15) is 4.79 Å². The Morgan fingerprint density at radius 3 is 2.82 bits per heavy atom. The summed E-state index contributed by atoms with van der Waals surface area (Å²) in [4.78, 5) is 16.4. The van der Waals surface area contributed by atoms with Crippen molar-refractivity contribution in [1.29, 1.82) is 0 Å². The van der Waals surface area contributed by atoms with Gasteiger partial charge >= 0.3 is 0 Å². The lowest BCUT2D eigenvalue weighted by Crippen LogP contribution is -2.23. The normalized spacial score (nSPS) is 10.4. The van der Waals surface area contributed by atoms with Gasteiger partial charge in [-0.1, -0.05) is 41.9 Å². The third kappa shape index (κ3) is 3.35. The van der Waals surface area contributed by atoms with Gasteiger partial charge in [-0.05, 0) is 23.8 Å². The first kappa shape index (κ1) is 14.8. The van der Waals surface area contributed by atoms with Gasteiger partial charge in [-0.2, -0.15) is 0 Å². The van der Waals surface area contributed by atoms with Gasteiger partial charge in [0.05, 0.1) is 10.6 Å². The van der Waals surface area contributed by atoms with Gasteiger partial charge < -0.3 is 5.32 Å². The zero-order chi connectivity index (χ0) is 15.4. The van der Waals surface area contributed by atoms with Crippen LogP contribution in [-0.2, 0) is 6.54 Å². The van der Waals surface area contributed by atoms with Gasteiger partial charge in [0, 0.05) is 23.7 Å². The number of halogens is 1. The van der Waals surface area contributed by atoms with Crippen LogP contribution in [0.1, 0.15) is 15.9 Å². The van der Waals surface area contributed by atoms with E-state index < -0.39 is 0 Å². The second-order valence-electron chi connectivity index (χ2n) is 4.70. The van der Waals surface area contributed by atoms with Crippen molar-refractivity contribution in [3.05, 3.63) is 76.3 Å². The quantitative estimate of drug-likeness (QED) is 0.771. The lowest BCUT2D eigenvalue weighted by Gasteiger charge is -2.07. The largest absolute Gasteiger partial charge is 0.348 e. The van der Waals surface area contributed by atoms with E-state index in [2.05, 4.69) is 10.3 Å². The summed E-state index contributed by atoms with van der Waals surface area (Å²) in [5.41, 5.74) is 2.56. The summed E-state index contributed by atoms with van der Waals surface area (Å²) in [6.45, 7) is 0.448. The maximum Gasteiger partial charge on any atom is 0.253 e. The Bertz CT molecular complexity index is 787. The second kappa shape index (κ2) is 6.73. The third-order valence-corrected chi connectivity index (χ3v) is 4.33. The van der Waals surface area contributed by atoms with Crippen LogP contribution in [-0.4, -0.2) is 10.9 Å². The van der Waals surface area contributed by atoms with Crippen molar-refractivity contribution in [2.45, 2.75) is 6.54 Å². The highest BCUT2D eigenvalue weighted by Gasteiger charge is 2.09. The van der Waals surface area contributed by atoms with Crippen LogP contribution in [0.3, 0.4) is 0 Å². The van der Waals surface area contributed by atoms with Crippen LogP contribution >= 0.6 is 22.9 Å². The molecular weight excluding hydrogens is 316 g/mol. The van der Waals surface area contributed by atoms with Crippen molar-refractivity contribution in [2.24, 2.45) is 0 Å². The Morgan fingerprint density at radius 2 is 2.05 bits per heavy atom. The summed E-state index contributed by atoms with van der Waals surface area (Å²) in [6.07, 6.45) is 1.78. The van der Waals surface area contributed by atoms with Gasteiger partial charge in [0.25, 0.3) is 5.91 Å². The number of hydrogen-bond acceptors (Lipinski definition) is 3. The highest BCUT2D eigenvalue weighted by Crippen LogP contribution is 2.22. The molecule has 5 heteroatoms. The molecule has 1 aromatic heterocycles. The smallest absolute Gasteiger partial charge is 0.253 e. The molecule has 1 amide bonds. The van der Waals surface area contributed by atoms with Crippen molar-refractivity contribution >= 4 is 28.8 Å². The van der Waals surface area contributed by atoms with E-state index in [0.29, 0.717) is 17.1 Å². The number of rotatable bonds is 4. The van der Waals surface area contributed by atoms with Gasteiger partial charge in [-0.3, -0.25) is 4.79 Å². The molecule has 0 spiro atoms. The first-order valence-corrected chi connectivity index (χ1v) is 8.01. The van der Waals surface area contributed by atoms with Crippen LogP contribution in [0.15, 0.2) is 60.1 Å². The van der Waals surface area contributed by atoms with Gasteiger partial charge in [-0.25, -0.2) is 4.98 Å². The average molecular weight is 329 g/mol. The topological polar surface area (TPSA) is 42.0 Å².